The van der Waals surface area contributed by atoms with Gasteiger partial charge in [0.15, 0.2) is 11.5 Å². The summed E-state index contributed by atoms with van der Waals surface area (Å²) in [7, 11) is 1.49. The van der Waals surface area contributed by atoms with Crippen molar-refractivity contribution in [1.82, 2.24) is 0 Å². The SMILES string of the molecule is COc1cc(C=C(C#N)C(=O)Nc2ccccc2)ccc1OCCO. The van der Waals surface area contributed by atoms with Crippen LogP contribution in [0.3, 0.4) is 0 Å². The van der Waals surface area contributed by atoms with Gasteiger partial charge in [0.05, 0.1) is 13.7 Å². The van der Waals surface area contributed by atoms with Crippen molar-refractivity contribution in [3.63, 3.8) is 0 Å². The number of nitrogens with one attached hydrogen (secondary N) is 1. The molecule has 0 aliphatic rings. The van der Waals surface area contributed by atoms with E-state index in [9.17, 15) is 10.1 Å². The van der Waals surface area contributed by atoms with Gasteiger partial charge in [0.25, 0.3) is 5.91 Å². The summed E-state index contributed by atoms with van der Waals surface area (Å²) >= 11 is 0. The van der Waals surface area contributed by atoms with Crippen LogP contribution in [-0.4, -0.2) is 31.3 Å². The van der Waals surface area contributed by atoms with Gasteiger partial charge >= 0.3 is 0 Å². The number of aliphatic hydroxyl groups is 1. The van der Waals surface area contributed by atoms with Crippen LogP contribution in [-0.2, 0) is 4.79 Å². The first-order valence-electron chi connectivity index (χ1n) is 7.58. The standard InChI is InChI=1S/C19H18N2O4/c1-24-18-12-14(7-8-17(18)25-10-9-22)11-15(13-20)19(23)21-16-5-3-2-4-6-16/h2-8,11-12,22H,9-10H2,1H3,(H,21,23). The number of rotatable bonds is 7. The molecule has 0 radical (unpaired) electrons. The van der Waals surface area contributed by atoms with Crippen molar-refractivity contribution in [2.75, 3.05) is 25.6 Å². The van der Waals surface area contributed by atoms with Crippen LogP contribution in [0.1, 0.15) is 5.56 Å². The lowest BCUT2D eigenvalue weighted by Crippen LogP contribution is -2.13. The van der Waals surface area contributed by atoms with Crippen LogP contribution in [0.4, 0.5) is 5.69 Å². The molecule has 0 aliphatic carbocycles. The molecule has 25 heavy (non-hydrogen) atoms. The monoisotopic (exact) mass is 338 g/mol. The number of para-hydroxylation sites is 1. The number of carbonyl (C=O) groups is 1. The van der Waals surface area contributed by atoms with Crippen molar-refractivity contribution in [3.8, 4) is 17.6 Å². The zero-order chi connectivity index (χ0) is 18.1. The molecule has 2 aromatic rings. The number of hydrogen-bond donors (Lipinski definition) is 2. The Morgan fingerprint density at radius 2 is 2.00 bits per heavy atom. The molecule has 0 fully saturated rings. The van der Waals surface area contributed by atoms with Crippen molar-refractivity contribution < 1.29 is 19.4 Å². The van der Waals surface area contributed by atoms with E-state index >= 15 is 0 Å². The summed E-state index contributed by atoms with van der Waals surface area (Å²) in [6.45, 7) is 0.0392. The summed E-state index contributed by atoms with van der Waals surface area (Å²) in [5, 5.41) is 20.8. The predicted molar refractivity (Wildman–Crippen MR) is 94.2 cm³/mol. The summed E-state index contributed by atoms with van der Waals surface area (Å²) in [5.41, 5.74) is 1.20. The van der Waals surface area contributed by atoms with Crippen LogP contribution in [0.15, 0.2) is 54.1 Å². The summed E-state index contributed by atoms with van der Waals surface area (Å²) in [4.78, 5) is 12.2. The third kappa shape index (κ3) is 5.09. The first kappa shape index (κ1) is 18.0. The molecule has 2 N–H and O–H groups in total. The molecule has 2 rings (SSSR count). The van der Waals surface area contributed by atoms with Gasteiger partial charge in [0.2, 0.25) is 0 Å². The van der Waals surface area contributed by atoms with E-state index in [0.717, 1.165) is 0 Å². The molecular formula is C19H18N2O4. The van der Waals surface area contributed by atoms with E-state index in [-0.39, 0.29) is 18.8 Å². The Labute approximate surface area is 145 Å². The average Bonchev–Trinajstić information content (AvgIpc) is 2.65. The summed E-state index contributed by atoms with van der Waals surface area (Å²) in [6, 6.07) is 15.8. The average molecular weight is 338 g/mol. The Hall–Kier alpha value is -3.30. The van der Waals surface area contributed by atoms with Gasteiger partial charge in [-0.3, -0.25) is 4.79 Å². The van der Waals surface area contributed by atoms with E-state index in [1.54, 1.807) is 42.5 Å². The largest absolute Gasteiger partial charge is 0.493 e. The van der Waals surface area contributed by atoms with Gasteiger partial charge in [0.1, 0.15) is 18.2 Å². The number of amides is 1. The molecule has 2 aromatic carbocycles. The molecule has 0 saturated carbocycles. The van der Waals surface area contributed by atoms with E-state index in [2.05, 4.69) is 5.32 Å². The van der Waals surface area contributed by atoms with E-state index < -0.39 is 5.91 Å². The molecule has 6 nitrogen and oxygen atoms in total. The second-order valence-electron chi connectivity index (χ2n) is 4.97. The van der Waals surface area contributed by atoms with Crippen molar-refractivity contribution in [2.24, 2.45) is 0 Å². The fourth-order valence-electron chi connectivity index (χ4n) is 2.08. The number of nitriles is 1. The summed E-state index contributed by atoms with van der Waals surface area (Å²) in [5.74, 6) is 0.428. The highest BCUT2D eigenvalue weighted by molar-refractivity contribution is 6.09. The number of aliphatic hydroxyl groups excluding tert-OH is 1. The quantitative estimate of drug-likeness (QED) is 0.598. The molecule has 0 saturated heterocycles. The molecule has 0 bridgehead atoms. The molecule has 0 aromatic heterocycles. The van der Waals surface area contributed by atoms with Gasteiger partial charge < -0.3 is 19.9 Å². The number of carbonyl (C=O) groups excluding carboxylic acids is 1. The summed E-state index contributed by atoms with van der Waals surface area (Å²) < 4.78 is 10.6. The maximum absolute atomic E-state index is 12.2. The highest BCUT2D eigenvalue weighted by atomic mass is 16.5. The predicted octanol–water partition coefficient (Wildman–Crippen LogP) is 2.61. The van der Waals surface area contributed by atoms with Crippen molar-refractivity contribution in [1.29, 1.82) is 5.26 Å². The van der Waals surface area contributed by atoms with Crippen molar-refractivity contribution in [2.45, 2.75) is 0 Å². The lowest BCUT2D eigenvalue weighted by Gasteiger charge is -2.10. The summed E-state index contributed by atoms with van der Waals surface area (Å²) in [6.07, 6.45) is 1.47. The zero-order valence-corrected chi connectivity index (χ0v) is 13.7. The topological polar surface area (TPSA) is 91.6 Å². The van der Waals surface area contributed by atoms with Crippen LogP contribution in [0.5, 0.6) is 11.5 Å². The maximum atomic E-state index is 12.2. The van der Waals surface area contributed by atoms with Gasteiger partial charge in [-0.1, -0.05) is 24.3 Å². The second kappa shape index (κ2) is 9.11. The Bertz CT molecular complexity index is 795. The second-order valence-corrected chi connectivity index (χ2v) is 4.97. The fourth-order valence-corrected chi connectivity index (χ4v) is 2.08. The van der Waals surface area contributed by atoms with E-state index in [1.165, 1.54) is 13.2 Å². The van der Waals surface area contributed by atoms with Crippen molar-refractivity contribution in [3.05, 3.63) is 59.7 Å². The molecule has 0 atom stereocenters. The molecule has 0 aliphatic heterocycles. The van der Waals surface area contributed by atoms with E-state index in [0.29, 0.717) is 22.7 Å². The minimum Gasteiger partial charge on any atom is -0.493 e. The smallest absolute Gasteiger partial charge is 0.266 e. The first-order valence-corrected chi connectivity index (χ1v) is 7.58. The fraction of sp³-hybridized carbons (Fsp3) is 0.158. The number of hydrogen-bond acceptors (Lipinski definition) is 5. The highest BCUT2D eigenvalue weighted by Gasteiger charge is 2.11. The molecule has 0 spiro atoms. The number of benzene rings is 2. The number of ether oxygens (including phenoxy) is 2. The number of anilines is 1. The van der Waals surface area contributed by atoms with Gasteiger partial charge in [-0.25, -0.2) is 0 Å². The maximum Gasteiger partial charge on any atom is 0.266 e. The lowest BCUT2D eigenvalue weighted by atomic mass is 10.1. The van der Waals surface area contributed by atoms with Crippen LogP contribution < -0.4 is 14.8 Å². The lowest BCUT2D eigenvalue weighted by molar-refractivity contribution is -0.112. The Morgan fingerprint density at radius 3 is 2.64 bits per heavy atom. The third-order valence-corrected chi connectivity index (χ3v) is 3.24. The Kier molecular flexibility index (Phi) is 6.57. The Balaban J connectivity index is 2.21. The minimum absolute atomic E-state index is 0.0325. The molecule has 128 valence electrons. The highest BCUT2D eigenvalue weighted by Crippen LogP contribution is 2.29. The van der Waals surface area contributed by atoms with Crippen LogP contribution in [0.25, 0.3) is 6.08 Å². The number of nitrogens with zero attached hydrogens (tertiary/aromatic N) is 1. The van der Waals surface area contributed by atoms with Crippen LogP contribution in [0, 0.1) is 11.3 Å². The first-order chi connectivity index (χ1) is 12.2. The van der Waals surface area contributed by atoms with Crippen LogP contribution in [0.2, 0.25) is 0 Å². The molecule has 0 heterocycles. The zero-order valence-electron chi connectivity index (χ0n) is 13.7. The van der Waals surface area contributed by atoms with Gasteiger partial charge in [-0.2, -0.15) is 5.26 Å². The van der Waals surface area contributed by atoms with Gasteiger partial charge in [-0.05, 0) is 35.9 Å². The van der Waals surface area contributed by atoms with Gasteiger partial charge in [-0.15, -0.1) is 0 Å². The van der Waals surface area contributed by atoms with Crippen molar-refractivity contribution >= 4 is 17.7 Å². The Morgan fingerprint density at radius 1 is 1.24 bits per heavy atom. The van der Waals surface area contributed by atoms with E-state index in [1.807, 2.05) is 12.1 Å². The van der Waals surface area contributed by atoms with Crippen LogP contribution >= 0.6 is 0 Å². The molecular weight excluding hydrogens is 320 g/mol. The normalized spacial score (nSPS) is 10.7. The number of methoxy groups -OCH3 is 1. The molecule has 0 unspecified atom stereocenters. The molecule has 6 heteroatoms. The molecule has 1 amide bonds. The van der Waals surface area contributed by atoms with E-state index in [4.69, 9.17) is 14.6 Å². The van der Waals surface area contributed by atoms with Gasteiger partial charge in [0, 0.05) is 5.69 Å². The minimum atomic E-state index is -0.492. The third-order valence-electron chi connectivity index (χ3n) is 3.24.